The van der Waals surface area contributed by atoms with Crippen molar-refractivity contribution in [1.29, 1.82) is 0 Å². The van der Waals surface area contributed by atoms with E-state index in [0.29, 0.717) is 28.7 Å². The number of rotatable bonds is 4. The zero-order chi connectivity index (χ0) is 21.5. The molecule has 0 aliphatic heterocycles. The van der Waals surface area contributed by atoms with Crippen molar-refractivity contribution < 1.29 is 9.90 Å². The highest BCUT2D eigenvalue weighted by molar-refractivity contribution is 7.18. The molecule has 0 unspecified atom stereocenters. The van der Waals surface area contributed by atoms with Crippen LogP contribution in [0.1, 0.15) is 79.3 Å². The van der Waals surface area contributed by atoms with Crippen LogP contribution in [0.15, 0.2) is 24.4 Å². The smallest absolute Gasteiger partial charge is 0.274 e. The van der Waals surface area contributed by atoms with Gasteiger partial charge in [-0.25, -0.2) is 15.0 Å². The molecule has 1 aromatic carbocycles. The van der Waals surface area contributed by atoms with Crippen LogP contribution in [0.25, 0.3) is 10.2 Å². The summed E-state index contributed by atoms with van der Waals surface area (Å²) in [5.41, 5.74) is 1.28. The number of fused-ring (bicyclic) bond motifs is 1. The number of nitrogens with one attached hydrogen (secondary N) is 1. The van der Waals surface area contributed by atoms with Gasteiger partial charge in [0.1, 0.15) is 11.5 Å². The van der Waals surface area contributed by atoms with Crippen LogP contribution in [-0.2, 0) is 5.60 Å². The maximum Gasteiger partial charge on any atom is 0.274 e. The van der Waals surface area contributed by atoms with Gasteiger partial charge in [0.2, 0.25) is 0 Å². The molecule has 0 spiro atoms. The van der Waals surface area contributed by atoms with Crippen LogP contribution < -0.4 is 5.32 Å². The zero-order valence-electron chi connectivity index (χ0n) is 17.9. The number of hydrogen-bond donors (Lipinski definition) is 2. The fraction of sp³-hybridized carbons (Fsp3) is 0.478. The molecule has 1 amide bonds. The first-order valence-electron chi connectivity index (χ1n) is 10.5. The molecule has 0 bridgehead atoms. The van der Waals surface area contributed by atoms with Crippen LogP contribution in [0.2, 0.25) is 0 Å². The van der Waals surface area contributed by atoms with E-state index in [-0.39, 0.29) is 5.91 Å². The first kappa shape index (κ1) is 20.9. The average Bonchev–Trinajstić information content (AvgIpc) is 3.10. The average molecular weight is 425 g/mol. The summed E-state index contributed by atoms with van der Waals surface area (Å²) in [5.74, 6) is 1.52. The number of hydrogen-bond acceptors (Lipinski definition) is 6. The predicted octanol–water partition coefficient (Wildman–Crippen LogP) is 5.17. The molecule has 158 valence electrons. The van der Waals surface area contributed by atoms with E-state index in [1.807, 2.05) is 12.1 Å². The predicted molar refractivity (Wildman–Crippen MR) is 120 cm³/mol. The molecule has 2 heterocycles. The van der Waals surface area contributed by atoms with Gasteiger partial charge in [0.05, 0.1) is 20.8 Å². The number of anilines is 1. The third-order valence-corrected chi connectivity index (χ3v) is 7.01. The molecule has 1 aliphatic rings. The Bertz CT molecular complexity index is 1080. The molecular formula is C23H28N4O2S. The van der Waals surface area contributed by atoms with E-state index in [2.05, 4.69) is 22.2 Å². The SMILES string of the molecule is Cc1nccc(C(=O)Nc2cc3sc([C@H]4CC[C@H](C)CC4)nc3cc2C(C)(C)O)n1. The largest absolute Gasteiger partial charge is 0.386 e. The lowest BCUT2D eigenvalue weighted by molar-refractivity contribution is 0.0794. The third-order valence-electron chi connectivity index (χ3n) is 5.83. The Hall–Kier alpha value is -2.38. The Morgan fingerprint density at radius 2 is 1.93 bits per heavy atom. The van der Waals surface area contributed by atoms with Crippen molar-refractivity contribution in [3.05, 3.63) is 46.5 Å². The van der Waals surface area contributed by atoms with E-state index < -0.39 is 5.60 Å². The minimum Gasteiger partial charge on any atom is -0.386 e. The van der Waals surface area contributed by atoms with E-state index in [9.17, 15) is 9.90 Å². The third kappa shape index (κ3) is 4.37. The number of aromatic nitrogens is 3. The van der Waals surface area contributed by atoms with Crippen molar-refractivity contribution in [2.24, 2.45) is 5.92 Å². The summed E-state index contributed by atoms with van der Waals surface area (Å²) in [6.45, 7) is 7.50. The second-order valence-corrected chi connectivity index (χ2v) is 9.94. The van der Waals surface area contributed by atoms with Gasteiger partial charge < -0.3 is 10.4 Å². The lowest BCUT2D eigenvalue weighted by Gasteiger charge is -2.24. The molecule has 1 saturated carbocycles. The van der Waals surface area contributed by atoms with Gasteiger partial charge >= 0.3 is 0 Å². The van der Waals surface area contributed by atoms with Crippen molar-refractivity contribution in [3.63, 3.8) is 0 Å². The minimum atomic E-state index is -1.12. The molecular weight excluding hydrogens is 396 g/mol. The first-order valence-corrected chi connectivity index (χ1v) is 11.3. The van der Waals surface area contributed by atoms with Gasteiger partial charge in [-0.05, 0) is 57.7 Å². The number of aliphatic hydroxyl groups is 1. The molecule has 1 fully saturated rings. The number of nitrogens with zero attached hydrogens (tertiary/aromatic N) is 3. The van der Waals surface area contributed by atoms with Crippen LogP contribution in [0, 0.1) is 12.8 Å². The van der Waals surface area contributed by atoms with Crippen molar-refractivity contribution in [2.45, 2.75) is 64.9 Å². The van der Waals surface area contributed by atoms with Gasteiger partial charge in [-0.1, -0.05) is 19.8 Å². The zero-order valence-corrected chi connectivity index (χ0v) is 18.7. The molecule has 2 N–H and O–H groups in total. The summed E-state index contributed by atoms with van der Waals surface area (Å²) < 4.78 is 1.02. The molecule has 1 aliphatic carbocycles. The summed E-state index contributed by atoms with van der Waals surface area (Å²) in [5, 5.41) is 14.8. The van der Waals surface area contributed by atoms with Crippen molar-refractivity contribution >= 4 is 33.1 Å². The number of benzene rings is 1. The van der Waals surface area contributed by atoms with E-state index >= 15 is 0 Å². The summed E-state index contributed by atoms with van der Waals surface area (Å²) in [7, 11) is 0. The fourth-order valence-corrected chi connectivity index (χ4v) is 5.21. The number of amides is 1. The summed E-state index contributed by atoms with van der Waals surface area (Å²) >= 11 is 1.69. The van der Waals surface area contributed by atoms with Crippen LogP contribution in [-0.4, -0.2) is 26.0 Å². The van der Waals surface area contributed by atoms with Crippen molar-refractivity contribution in [3.8, 4) is 0 Å². The molecule has 0 atom stereocenters. The Morgan fingerprint density at radius 3 is 2.60 bits per heavy atom. The summed E-state index contributed by atoms with van der Waals surface area (Å²) in [4.78, 5) is 25.9. The highest BCUT2D eigenvalue weighted by Crippen LogP contribution is 2.41. The standard InChI is InChI=1S/C23H28N4O2S/c1-13-5-7-15(8-6-13)22-27-19-11-16(23(3,4)29)18(12-20(19)30-22)26-21(28)17-9-10-24-14(2)25-17/h9-13,15,29H,5-8H2,1-4H3,(H,26,28)/t13-,15-. The van der Waals surface area contributed by atoms with E-state index in [1.165, 1.54) is 25.7 Å². The molecule has 0 radical (unpaired) electrons. The summed E-state index contributed by atoms with van der Waals surface area (Å²) in [6.07, 6.45) is 6.41. The number of aryl methyl sites for hydroxylation is 1. The Labute approximate surface area is 180 Å². The second-order valence-electron chi connectivity index (χ2n) is 8.88. The van der Waals surface area contributed by atoms with Crippen molar-refractivity contribution in [2.75, 3.05) is 5.32 Å². The highest BCUT2D eigenvalue weighted by Gasteiger charge is 2.26. The van der Waals surface area contributed by atoms with Crippen LogP contribution in [0.4, 0.5) is 5.69 Å². The minimum absolute atomic E-state index is 0.297. The van der Waals surface area contributed by atoms with Gasteiger partial charge in [0.25, 0.3) is 5.91 Å². The lowest BCUT2D eigenvalue weighted by Crippen LogP contribution is -2.21. The number of thiazole rings is 1. The Morgan fingerprint density at radius 1 is 1.20 bits per heavy atom. The molecule has 30 heavy (non-hydrogen) atoms. The van der Waals surface area contributed by atoms with Crippen LogP contribution in [0.5, 0.6) is 0 Å². The topological polar surface area (TPSA) is 88.0 Å². The van der Waals surface area contributed by atoms with Crippen LogP contribution in [0.3, 0.4) is 0 Å². The van der Waals surface area contributed by atoms with E-state index in [1.54, 1.807) is 44.4 Å². The molecule has 6 nitrogen and oxygen atoms in total. The monoisotopic (exact) mass is 424 g/mol. The molecule has 3 aromatic rings. The first-order chi connectivity index (χ1) is 14.2. The number of carbonyl (C=O) groups is 1. The molecule has 7 heteroatoms. The second kappa shape index (κ2) is 8.04. The Kier molecular flexibility index (Phi) is 5.59. The highest BCUT2D eigenvalue weighted by atomic mass is 32.1. The maximum absolute atomic E-state index is 12.8. The lowest BCUT2D eigenvalue weighted by atomic mass is 9.83. The molecule has 0 saturated heterocycles. The quantitative estimate of drug-likeness (QED) is 0.603. The normalized spacial score (nSPS) is 19.8. The fourth-order valence-electron chi connectivity index (χ4n) is 4.05. The van der Waals surface area contributed by atoms with Gasteiger partial charge in [-0.2, -0.15) is 0 Å². The van der Waals surface area contributed by atoms with Gasteiger partial charge in [0, 0.05) is 23.4 Å². The molecule has 4 rings (SSSR count). The van der Waals surface area contributed by atoms with Gasteiger partial charge in [-0.3, -0.25) is 4.79 Å². The summed E-state index contributed by atoms with van der Waals surface area (Å²) in [6, 6.07) is 5.42. The maximum atomic E-state index is 12.8. The Balaban J connectivity index is 1.69. The van der Waals surface area contributed by atoms with E-state index in [4.69, 9.17) is 4.98 Å². The van der Waals surface area contributed by atoms with Gasteiger partial charge in [-0.15, -0.1) is 11.3 Å². The van der Waals surface area contributed by atoms with Crippen LogP contribution >= 0.6 is 11.3 Å². The van der Waals surface area contributed by atoms with E-state index in [0.717, 1.165) is 21.1 Å². The molecule has 2 aromatic heterocycles. The van der Waals surface area contributed by atoms with Crippen molar-refractivity contribution in [1.82, 2.24) is 15.0 Å². The number of carbonyl (C=O) groups excluding carboxylic acids is 1. The van der Waals surface area contributed by atoms with Gasteiger partial charge in [0.15, 0.2) is 0 Å².